The fourth-order valence-electron chi connectivity index (χ4n) is 2.67. The van der Waals surface area contributed by atoms with Crippen LogP contribution in [0.25, 0.3) is 0 Å². The Hall–Kier alpha value is -1.09. The van der Waals surface area contributed by atoms with Gasteiger partial charge in [-0.15, -0.1) is 0 Å². The number of hydrogen-bond donors (Lipinski definition) is 1. The van der Waals surface area contributed by atoms with Gasteiger partial charge in [0.05, 0.1) is 5.69 Å². The average molecular weight is 236 g/mol. The molecule has 3 atom stereocenters. The first kappa shape index (κ1) is 12.4. The van der Waals surface area contributed by atoms with Gasteiger partial charge in [0.1, 0.15) is 5.82 Å². The Morgan fingerprint density at radius 3 is 2.59 bits per heavy atom. The highest BCUT2D eigenvalue weighted by Gasteiger charge is 2.27. The predicted molar refractivity (Wildman–Crippen MR) is 69.6 cm³/mol. The second kappa shape index (κ2) is 4.65. The molecule has 1 heterocycles. The zero-order valence-electron chi connectivity index (χ0n) is 10.8. The number of nitrogens with zero attached hydrogens (tertiary/aromatic N) is 1. The molecule has 0 amide bonds. The minimum Gasteiger partial charge on any atom is -0.366 e. The molecule has 1 aromatic rings. The summed E-state index contributed by atoms with van der Waals surface area (Å²) in [5.41, 5.74) is 7.32. The Morgan fingerprint density at radius 1 is 1.41 bits per heavy atom. The molecule has 1 aliphatic heterocycles. The molecule has 0 saturated carbocycles. The van der Waals surface area contributed by atoms with Gasteiger partial charge in [0.15, 0.2) is 0 Å². The van der Waals surface area contributed by atoms with Crippen molar-refractivity contribution in [1.29, 1.82) is 0 Å². The monoisotopic (exact) mass is 236 g/mol. The van der Waals surface area contributed by atoms with E-state index in [1.54, 1.807) is 6.07 Å². The third kappa shape index (κ3) is 2.44. The van der Waals surface area contributed by atoms with Crippen LogP contribution in [0.4, 0.5) is 10.1 Å². The standard InChI is InChI=1S/C14H21FN2/c1-9-6-10(2)17(8-9)14-5-4-12(11(3)16)7-13(14)15/h4-5,7,9-11H,6,8,16H2,1-3H3/t9?,10?,11-/m1/s1. The Morgan fingerprint density at radius 2 is 2.12 bits per heavy atom. The van der Waals surface area contributed by atoms with Crippen LogP contribution >= 0.6 is 0 Å². The van der Waals surface area contributed by atoms with Crippen molar-refractivity contribution in [3.05, 3.63) is 29.6 Å². The van der Waals surface area contributed by atoms with Crippen molar-refractivity contribution in [2.75, 3.05) is 11.4 Å². The second-order valence-electron chi connectivity index (χ2n) is 5.34. The van der Waals surface area contributed by atoms with E-state index in [0.29, 0.717) is 17.6 Å². The third-order valence-corrected chi connectivity index (χ3v) is 3.59. The number of hydrogen-bond acceptors (Lipinski definition) is 2. The molecule has 0 aliphatic carbocycles. The first-order chi connectivity index (χ1) is 7.99. The van der Waals surface area contributed by atoms with Crippen LogP contribution < -0.4 is 10.6 Å². The molecule has 1 fully saturated rings. The summed E-state index contributed by atoms with van der Waals surface area (Å²) in [4.78, 5) is 2.16. The fourth-order valence-corrected chi connectivity index (χ4v) is 2.67. The highest BCUT2D eigenvalue weighted by molar-refractivity contribution is 5.51. The van der Waals surface area contributed by atoms with Crippen LogP contribution in [0.2, 0.25) is 0 Å². The average Bonchev–Trinajstić information content (AvgIpc) is 2.57. The molecule has 0 spiro atoms. The number of benzene rings is 1. The van der Waals surface area contributed by atoms with Gasteiger partial charge in [-0.3, -0.25) is 0 Å². The lowest BCUT2D eigenvalue weighted by Gasteiger charge is -2.25. The summed E-state index contributed by atoms with van der Waals surface area (Å²) in [6.45, 7) is 7.18. The molecule has 1 aliphatic rings. The van der Waals surface area contributed by atoms with E-state index < -0.39 is 0 Å². The van der Waals surface area contributed by atoms with Gasteiger partial charge < -0.3 is 10.6 Å². The largest absolute Gasteiger partial charge is 0.366 e. The van der Waals surface area contributed by atoms with E-state index in [9.17, 15) is 4.39 Å². The molecule has 0 radical (unpaired) electrons. The van der Waals surface area contributed by atoms with E-state index in [-0.39, 0.29) is 11.9 Å². The molecule has 3 heteroatoms. The first-order valence-electron chi connectivity index (χ1n) is 6.30. The smallest absolute Gasteiger partial charge is 0.146 e. The van der Waals surface area contributed by atoms with Gasteiger partial charge in [-0.2, -0.15) is 0 Å². The normalized spacial score (nSPS) is 26.3. The highest BCUT2D eigenvalue weighted by atomic mass is 19.1. The van der Waals surface area contributed by atoms with Crippen LogP contribution in [0.5, 0.6) is 0 Å². The van der Waals surface area contributed by atoms with E-state index in [1.165, 1.54) is 0 Å². The Bertz CT molecular complexity index is 403. The minimum atomic E-state index is -0.152. The zero-order chi connectivity index (χ0) is 12.6. The van der Waals surface area contributed by atoms with E-state index in [0.717, 1.165) is 18.5 Å². The molecule has 94 valence electrons. The zero-order valence-corrected chi connectivity index (χ0v) is 10.8. The van der Waals surface area contributed by atoms with Gasteiger partial charge in [0.2, 0.25) is 0 Å². The summed E-state index contributed by atoms with van der Waals surface area (Å²) in [6, 6.07) is 5.66. The van der Waals surface area contributed by atoms with Crippen molar-refractivity contribution in [2.24, 2.45) is 11.7 Å². The number of anilines is 1. The van der Waals surface area contributed by atoms with Gasteiger partial charge in [0, 0.05) is 18.6 Å². The molecule has 2 nitrogen and oxygen atoms in total. The molecule has 0 aromatic heterocycles. The summed E-state index contributed by atoms with van der Waals surface area (Å²) in [7, 11) is 0. The van der Waals surface area contributed by atoms with Crippen LogP contribution in [0.3, 0.4) is 0 Å². The molecular weight excluding hydrogens is 215 g/mol. The molecule has 0 bridgehead atoms. The van der Waals surface area contributed by atoms with Gasteiger partial charge >= 0.3 is 0 Å². The number of halogens is 1. The second-order valence-corrected chi connectivity index (χ2v) is 5.34. The maximum absolute atomic E-state index is 14.1. The first-order valence-corrected chi connectivity index (χ1v) is 6.30. The Balaban J connectivity index is 2.28. The summed E-state index contributed by atoms with van der Waals surface area (Å²) in [6.07, 6.45) is 1.13. The summed E-state index contributed by atoms with van der Waals surface area (Å²) >= 11 is 0. The summed E-state index contributed by atoms with van der Waals surface area (Å²) < 4.78 is 14.1. The van der Waals surface area contributed by atoms with Gasteiger partial charge in [-0.05, 0) is 43.9 Å². The predicted octanol–water partition coefficient (Wildman–Crippen LogP) is 3.08. The summed E-state index contributed by atoms with van der Waals surface area (Å²) in [5.74, 6) is 0.484. The van der Waals surface area contributed by atoms with E-state index in [2.05, 4.69) is 18.7 Å². The SMILES string of the molecule is CC1CC(C)N(c2ccc([C@@H](C)N)cc2F)C1. The molecule has 2 N–H and O–H groups in total. The van der Waals surface area contributed by atoms with Crippen LogP contribution in [-0.4, -0.2) is 12.6 Å². The maximum atomic E-state index is 14.1. The maximum Gasteiger partial charge on any atom is 0.146 e. The van der Waals surface area contributed by atoms with Crippen molar-refractivity contribution in [3.8, 4) is 0 Å². The van der Waals surface area contributed by atoms with Crippen molar-refractivity contribution in [1.82, 2.24) is 0 Å². The molecule has 2 rings (SSSR count). The van der Waals surface area contributed by atoms with Crippen LogP contribution in [0, 0.1) is 11.7 Å². The van der Waals surface area contributed by atoms with E-state index in [1.807, 2.05) is 19.1 Å². The van der Waals surface area contributed by atoms with Crippen LogP contribution in [0.15, 0.2) is 18.2 Å². The quantitative estimate of drug-likeness (QED) is 0.855. The van der Waals surface area contributed by atoms with E-state index in [4.69, 9.17) is 5.73 Å². The Kier molecular flexibility index (Phi) is 3.38. The number of rotatable bonds is 2. The van der Waals surface area contributed by atoms with Gasteiger partial charge in [-0.1, -0.05) is 13.0 Å². The lowest BCUT2D eigenvalue weighted by molar-refractivity contribution is 0.608. The molecular formula is C14H21FN2. The molecule has 17 heavy (non-hydrogen) atoms. The van der Waals surface area contributed by atoms with Crippen molar-refractivity contribution < 1.29 is 4.39 Å². The molecule has 2 unspecified atom stereocenters. The lowest BCUT2D eigenvalue weighted by atomic mass is 10.1. The Labute approximate surface area is 103 Å². The lowest BCUT2D eigenvalue weighted by Crippen LogP contribution is -2.27. The molecule has 1 aromatic carbocycles. The highest BCUT2D eigenvalue weighted by Crippen LogP contribution is 2.31. The topological polar surface area (TPSA) is 29.3 Å². The van der Waals surface area contributed by atoms with Crippen molar-refractivity contribution in [2.45, 2.75) is 39.3 Å². The van der Waals surface area contributed by atoms with Crippen LogP contribution in [-0.2, 0) is 0 Å². The fraction of sp³-hybridized carbons (Fsp3) is 0.571. The van der Waals surface area contributed by atoms with Crippen LogP contribution in [0.1, 0.15) is 38.8 Å². The van der Waals surface area contributed by atoms with Crippen molar-refractivity contribution in [3.63, 3.8) is 0 Å². The third-order valence-electron chi connectivity index (χ3n) is 3.59. The number of nitrogens with two attached hydrogens (primary N) is 1. The van der Waals surface area contributed by atoms with Crippen molar-refractivity contribution >= 4 is 5.69 Å². The van der Waals surface area contributed by atoms with Gasteiger partial charge in [-0.25, -0.2) is 4.39 Å². The van der Waals surface area contributed by atoms with E-state index >= 15 is 0 Å². The van der Waals surface area contributed by atoms with Gasteiger partial charge in [0.25, 0.3) is 0 Å². The minimum absolute atomic E-state index is 0.117. The molecule has 1 saturated heterocycles. The summed E-state index contributed by atoms with van der Waals surface area (Å²) in [5, 5.41) is 0.